The van der Waals surface area contributed by atoms with E-state index in [1.807, 2.05) is 24.3 Å². The molecule has 1 N–H and O–H groups in total. The lowest BCUT2D eigenvalue weighted by atomic mass is 9.99. The molecule has 0 spiro atoms. The van der Waals surface area contributed by atoms with E-state index in [-0.39, 0.29) is 6.42 Å². The van der Waals surface area contributed by atoms with Crippen LogP contribution in [0, 0.1) is 0 Å². The molecule has 0 aromatic heterocycles. The Balaban J connectivity index is 2.18. The summed E-state index contributed by atoms with van der Waals surface area (Å²) in [6.07, 6.45) is 0.637. The Morgan fingerprint density at radius 1 is 1.16 bits per heavy atom. The Morgan fingerprint density at radius 2 is 1.89 bits per heavy atom. The summed E-state index contributed by atoms with van der Waals surface area (Å²) in [4.78, 5) is 11.0. The van der Waals surface area contributed by atoms with Crippen molar-refractivity contribution >= 4 is 29.2 Å². The van der Waals surface area contributed by atoms with Crippen molar-refractivity contribution in [2.45, 2.75) is 12.8 Å². The second kappa shape index (κ2) is 4.55. The van der Waals surface area contributed by atoms with Gasteiger partial charge in [-0.15, -0.1) is 0 Å². The van der Waals surface area contributed by atoms with Crippen molar-refractivity contribution in [2.75, 3.05) is 0 Å². The van der Waals surface area contributed by atoms with E-state index in [1.165, 1.54) is 0 Å². The minimum Gasteiger partial charge on any atom is -0.481 e. The summed E-state index contributed by atoms with van der Waals surface area (Å²) in [5.74, 6) is -0.871. The number of halogens is 2. The lowest BCUT2D eigenvalue weighted by Gasteiger charge is -2.08. The molecular weight excluding hydrogens is 283 g/mol. The quantitative estimate of drug-likeness (QED) is 0.769. The molecule has 0 fully saturated rings. The normalized spacial score (nSPS) is 12.1. The Morgan fingerprint density at radius 3 is 2.63 bits per heavy atom. The number of hydrogen-bond donors (Lipinski definition) is 1. The van der Waals surface area contributed by atoms with E-state index in [2.05, 4.69) is 0 Å². The fourth-order valence-corrected chi connectivity index (χ4v) is 3.06. The number of rotatable bonds is 2. The second-order valence-corrected chi connectivity index (χ2v) is 5.44. The van der Waals surface area contributed by atoms with Crippen LogP contribution in [-0.2, 0) is 17.6 Å². The summed E-state index contributed by atoms with van der Waals surface area (Å²) in [7, 11) is 0. The van der Waals surface area contributed by atoms with Gasteiger partial charge in [-0.2, -0.15) is 0 Å². The zero-order chi connectivity index (χ0) is 13.6. The van der Waals surface area contributed by atoms with E-state index in [1.54, 1.807) is 6.07 Å². The molecule has 2 aromatic rings. The van der Waals surface area contributed by atoms with Crippen LogP contribution >= 0.6 is 23.2 Å². The molecule has 0 bridgehead atoms. The lowest BCUT2D eigenvalue weighted by molar-refractivity contribution is -0.136. The number of fused-ring (bicyclic) bond motifs is 3. The molecule has 0 radical (unpaired) electrons. The first-order valence-electron chi connectivity index (χ1n) is 5.87. The molecule has 0 heterocycles. The van der Waals surface area contributed by atoms with Crippen LogP contribution < -0.4 is 0 Å². The Labute approximate surface area is 120 Å². The van der Waals surface area contributed by atoms with E-state index < -0.39 is 5.97 Å². The molecular formula is C15H10Cl2O2. The minimum absolute atomic E-state index is 0.0519. The van der Waals surface area contributed by atoms with Crippen LogP contribution in [0.1, 0.15) is 16.7 Å². The van der Waals surface area contributed by atoms with Gasteiger partial charge in [0.1, 0.15) is 0 Å². The summed E-state index contributed by atoms with van der Waals surface area (Å²) >= 11 is 12.1. The van der Waals surface area contributed by atoms with Gasteiger partial charge in [-0.1, -0.05) is 35.3 Å². The maximum Gasteiger partial charge on any atom is 0.307 e. The van der Waals surface area contributed by atoms with Crippen molar-refractivity contribution in [3.05, 3.63) is 57.1 Å². The smallest absolute Gasteiger partial charge is 0.307 e. The van der Waals surface area contributed by atoms with Crippen LogP contribution in [-0.4, -0.2) is 11.1 Å². The van der Waals surface area contributed by atoms with E-state index in [0.29, 0.717) is 22.0 Å². The van der Waals surface area contributed by atoms with Crippen LogP contribution in [0.25, 0.3) is 11.1 Å². The highest BCUT2D eigenvalue weighted by atomic mass is 35.5. The topological polar surface area (TPSA) is 37.3 Å². The third kappa shape index (κ3) is 2.11. The Hall–Kier alpha value is -1.51. The van der Waals surface area contributed by atoms with Gasteiger partial charge in [0.2, 0.25) is 0 Å². The van der Waals surface area contributed by atoms with Crippen molar-refractivity contribution in [3.8, 4) is 11.1 Å². The molecule has 19 heavy (non-hydrogen) atoms. The highest BCUT2D eigenvalue weighted by molar-refractivity contribution is 6.32. The third-order valence-corrected chi connectivity index (χ3v) is 4.02. The number of benzene rings is 2. The lowest BCUT2D eigenvalue weighted by Crippen LogP contribution is -2.04. The largest absolute Gasteiger partial charge is 0.481 e. The summed E-state index contributed by atoms with van der Waals surface area (Å²) in [6, 6.07) is 9.46. The third-order valence-electron chi connectivity index (χ3n) is 3.43. The fourth-order valence-electron chi connectivity index (χ4n) is 2.62. The molecule has 1 aliphatic rings. The number of carboxylic acid groups (broad SMARTS) is 1. The maximum atomic E-state index is 11.0. The van der Waals surface area contributed by atoms with E-state index in [0.717, 1.165) is 22.3 Å². The van der Waals surface area contributed by atoms with Gasteiger partial charge < -0.3 is 5.11 Å². The molecule has 0 atom stereocenters. The van der Waals surface area contributed by atoms with Crippen molar-refractivity contribution in [2.24, 2.45) is 0 Å². The first-order valence-corrected chi connectivity index (χ1v) is 6.62. The molecule has 0 aliphatic heterocycles. The van der Waals surface area contributed by atoms with E-state index >= 15 is 0 Å². The summed E-state index contributed by atoms with van der Waals surface area (Å²) in [6.45, 7) is 0. The highest BCUT2D eigenvalue weighted by Crippen LogP contribution is 2.41. The predicted octanol–water partition coefficient (Wildman–Crippen LogP) is 4.19. The van der Waals surface area contributed by atoms with Gasteiger partial charge in [0.25, 0.3) is 0 Å². The van der Waals surface area contributed by atoms with Crippen molar-refractivity contribution in [1.29, 1.82) is 0 Å². The number of aliphatic carboxylic acids is 1. The standard InChI is InChI=1S/C15H10Cl2O2/c16-9-1-2-10-8(5-9)6-12-11(10)3-4-14(17)13(12)7-15(18)19/h1-5H,6-7H2,(H,18,19). The highest BCUT2D eigenvalue weighted by Gasteiger charge is 2.23. The van der Waals surface area contributed by atoms with Crippen LogP contribution in [0.3, 0.4) is 0 Å². The molecule has 3 rings (SSSR count). The molecule has 2 aromatic carbocycles. The van der Waals surface area contributed by atoms with Crippen LogP contribution in [0.4, 0.5) is 0 Å². The fraction of sp³-hybridized carbons (Fsp3) is 0.133. The van der Waals surface area contributed by atoms with Gasteiger partial charge in [-0.3, -0.25) is 4.79 Å². The molecule has 0 unspecified atom stereocenters. The molecule has 4 heteroatoms. The average Bonchev–Trinajstić information content (AvgIpc) is 2.70. The molecule has 0 saturated heterocycles. The number of carboxylic acids is 1. The van der Waals surface area contributed by atoms with Gasteiger partial charge in [-0.25, -0.2) is 0 Å². The van der Waals surface area contributed by atoms with E-state index in [4.69, 9.17) is 28.3 Å². The van der Waals surface area contributed by atoms with Crippen molar-refractivity contribution < 1.29 is 9.90 Å². The monoisotopic (exact) mass is 292 g/mol. The minimum atomic E-state index is -0.871. The zero-order valence-corrected chi connectivity index (χ0v) is 11.4. The van der Waals surface area contributed by atoms with Crippen LogP contribution in [0.15, 0.2) is 30.3 Å². The summed E-state index contributed by atoms with van der Waals surface area (Å²) < 4.78 is 0. The maximum absolute atomic E-state index is 11.0. The van der Waals surface area contributed by atoms with Gasteiger partial charge >= 0.3 is 5.97 Å². The van der Waals surface area contributed by atoms with Crippen molar-refractivity contribution in [1.82, 2.24) is 0 Å². The van der Waals surface area contributed by atoms with Gasteiger partial charge in [-0.05, 0) is 52.4 Å². The first-order chi connectivity index (χ1) is 9.06. The van der Waals surface area contributed by atoms with Gasteiger partial charge in [0, 0.05) is 10.0 Å². The number of carbonyl (C=O) groups is 1. The SMILES string of the molecule is O=C(O)Cc1c(Cl)ccc2c1Cc1cc(Cl)ccc1-2. The zero-order valence-electron chi connectivity index (χ0n) is 9.91. The molecule has 0 amide bonds. The van der Waals surface area contributed by atoms with Gasteiger partial charge in [0.05, 0.1) is 6.42 Å². The van der Waals surface area contributed by atoms with Crippen LogP contribution in [0.5, 0.6) is 0 Å². The first kappa shape index (κ1) is 12.5. The molecule has 0 saturated carbocycles. The predicted molar refractivity (Wildman–Crippen MR) is 76.0 cm³/mol. The van der Waals surface area contributed by atoms with E-state index in [9.17, 15) is 4.79 Å². The summed E-state index contributed by atoms with van der Waals surface area (Å²) in [5.41, 5.74) is 5.01. The molecule has 96 valence electrons. The second-order valence-electron chi connectivity index (χ2n) is 4.60. The number of hydrogen-bond acceptors (Lipinski definition) is 1. The summed E-state index contributed by atoms with van der Waals surface area (Å²) in [5, 5.41) is 10.2. The average molecular weight is 293 g/mol. The molecule has 2 nitrogen and oxygen atoms in total. The van der Waals surface area contributed by atoms with Gasteiger partial charge in [0.15, 0.2) is 0 Å². The molecule has 1 aliphatic carbocycles. The van der Waals surface area contributed by atoms with Crippen LogP contribution in [0.2, 0.25) is 10.0 Å². The Bertz CT molecular complexity index is 693. The Kier molecular flexibility index (Phi) is 3.00. The van der Waals surface area contributed by atoms with Crippen molar-refractivity contribution in [3.63, 3.8) is 0 Å².